The van der Waals surface area contributed by atoms with Gasteiger partial charge in [-0.3, -0.25) is 9.59 Å². The maximum absolute atomic E-state index is 12.7. The van der Waals surface area contributed by atoms with Gasteiger partial charge in [0.05, 0.1) is 4.88 Å². The fourth-order valence-corrected chi connectivity index (χ4v) is 3.63. The van der Waals surface area contributed by atoms with Crippen molar-refractivity contribution >= 4 is 28.8 Å². The molecule has 3 aromatic rings. The molecule has 3 rings (SSSR count). The van der Waals surface area contributed by atoms with Gasteiger partial charge in [0.2, 0.25) is 5.91 Å². The van der Waals surface area contributed by atoms with E-state index in [1.807, 2.05) is 35.7 Å². The zero-order valence-corrected chi connectivity index (χ0v) is 17.5. The number of amides is 2. The summed E-state index contributed by atoms with van der Waals surface area (Å²) in [5.74, 6) is -0.303. The maximum Gasteiger partial charge on any atom is 0.387 e. The minimum absolute atomic E-state index is 0.0770. The number of benzene rings is 2. The van der Waals surface area contributed by atoms with Crippen molar-refractivity contribution in [3.8, 4) is 5.75 Å². The van der Waals surface area contributed by atoms with E-state index >= 15 is 0 Å². The van der Waals surface area contributed by atoms with Gasteiger partial charge in [0.15, 0.2) is 0 Å². The first-order chi connectivity index (χ1) is 15.0. The molecule has 0 aliphatic heterocycles. The number of carbonyl (C=O) groups is 2. The van der Waals surface area contributed by atoms with Gasteiger partial charge < -0.3 is 15.4 Å². The van der Waals surface area contributed by atoms with Crippen LogP contribution in [0.1, 0.15) is 33.6 Å². The third kappa shape index (κ3) is 7.18. The number of halogens is 2. The highest BCUT2D eigenvalue weighted by molar-refractivity contribution is 7.12. The second-order valence-electron chi connectivity index (χ2n) is 6.75. The van der Waals surface area contributed by atoms with Crippen LogP contribution in [0.25, 0.3) is 0 Å². The van der Waals surface area contributed by atoms with Crippen LogP contribution in [0.3, 0.4) is 0 Å². The second kappa shape index (κ2) is 11.2. The van der Waals surface area contributed by atoms with Gasteiger partial charge in [0.25, 0.3) is 5.91 Å². The molecule has 0 saturated carbocycles. The molecule has 1 heterocycles. The van der Waals surface area contributed by atoms with Crippen molar-refractivity contribution in [3.63, 3.8) is 0 Å². The van der Waals surface area contributed by atoms with Crippen LogP contribution in [0.2, 0.25) is 0 Å². The van der Waals surface area contributed by atoms with Crippen LogP contribution in [0.15, 0.2) is 66.0 Å². The SMILES string of the molecule is O=C(CCCNC(=O)c1cccs1)Nc1ccc(OC(F)F)c(Cc2ccccc2)c1. The molecule has 0 aliphatic carbocycles. The number of hydrogen-bond acceptors (Lipinski definition) is 4. The number of thiophene rings is 1. The number of anilines is 1. The Morgan fingerprint density at radius 1 is 1.03 bits per heavy atom. The minimum atomic E-state index is -2.93. The Hall–Kier alpha value is -3.26. The van der Waals surface area contributed by atoms with E-state index in [1.165, 1.54) is 23.5 Å². The Balaban J connectivity index is 1.55. The molecule has 0 unspecified atom stereocenters. The lowest BCUT2D eigenvalue weighted by atomic mass is 10.0. The van der Waals surface area contributed by atoms with Gasteiger partial charge in [-0.25, -0.2) is 0 Å². The van der Waals surface area contributed by atoms with Gasteiger partial charge >= 0.3 is 6.61 Å². The van der Waals surface area contributed by atoms with Crippen LogP contribution in [0.4, 0.5) is 14.5 Å². The molecule has 1 aromatic heterocycles. The van der Waals surface area contributed by atoms with Crippen molar-refractivity contribution < 1.29 is 23.1 Å². The molecule has 2 N–H and O–H groups in total. The summed E-state index contributed by atoms with van der Waals surface area (Å²) in [4.78, 5) is 24.7. The predicted octanol–water partition coefficient (Wildman–Crippen LogP) is 5.09. The first kappa shape index (κ1) is 22.4. The Labute approximate surface area is 183 Å². The Kier molecular flexibility index (Phi) is 8.12. The first-order valence-corrected chi connectivity index (χ1v) is 10.6. The Morgan fingerprint density at radius 2 is 1.84 bits per heavy atom. The van der Waals surface area contributed by atoms with E-state index in [0.717, 1.165) is 5.56 Å². The molecule has 2 amide bonds. The van der Waals surface area contributed by atoms with Gasteiger partial charge in [0, 0.05) is 30.6 Å². The van der Waals surface area contributed by atoms with E-state index in [9.17, 15) is 18.4 Å². The van der Waals surface area contributed by atoms with Crippen molar-refractivity contribution in [1.29, 1.82) is 0 Å². The number of rotatable bonds is 10. The highest BCUT2D eigenvalue weighted by Crippen LogP contribution is 2.27. The van der Waals surface area contributed by atoms with E-state index in [4.69, 9.17) is 0 Å². The molecular weight excluding hydrogens is 422 g/mol. The van der Waals surface area contributed by atoms with Crippen LogP contribution < -0.4 is 15.4 Å². The molecule has 0 atom stereocenters. The van der Waals surface area contributed by atoms with Gasteiger partial charge in [-0.2, -0.15) is 8.78 Å². The fraction of sp³-hybridized carbons (Fsp3) is 0.217. The zero-order chi connectivity index (χ0) is 22.1. The van der Waals surface area contributed by atoms with Gasteiger partial charge in [-0.15, -0.1) is 11.3 Å². The molecule has 0 fully saturated rings. The monoisotopic (exact) mass is 444 g/mol. The minimum Gasteiger partial charge on any atom is -0.435 e. The number of nitrogens with one attached hydrogen (secondary N) is 2. The summed E-state index contributed by atoms with van der Waals surface area (Å²) in [6.07, 6.45) is 1.09. The average Bonchev–Trinajstić information content (AvgIpc) is 3.28. The lowest BCUT2D eigenvalue weighted by Crippen LogP contribution is -2.24. The van der Waals surface area contributed by atoms with Gasteiger partial charge in [-0.05, 0) is 41.6 Å². The molecule has 0 radical (unpaired) electrons. The summed E-state index contributed by atoms with van der Waals surface area (Å²) in [5, 5.41) is 7.37. The fourth-order valence-electron chi connectivity index (χ4n) is 2.99. The third-order valence-electron chi connectivity index (χ3n) is 4.41. The predicted molar refractivity (Wildman–Crippen MR) is 117 cm³/mol. The number of ether oxygens (including phenoxy) is 1. The van der Waals surface area contributed by atoms with Crippen molar-refractivity contribution in [1.82, 2.24) is 5.32 Å². The molecule has 8 heteroatoms. The second-order valence-corrected chi connectivity index (χ2v) is 7.70. The number of hydrogen-bond donors (Lipinski definition) is 2. The van der Waals surface area contributed by atoms with E-state index in [-0.39, 0.29) is 24.0 Å². The molecule has 0 saturated heterocycles. The summed E-state index contributed by atoms with van der Waals surface area (Å²) in [7, 11) is 0. The lowest BCUT2D eigenvalue weighted by molar-refractivity contribution is -0.116. The third-order valence-corrected chi connectivity index (χ3v) is 5.28. The lowest BCUT2D eigenvalue weighted by Gasteiger charge is -2.13. The largest absolute Gasteiger partial charge is 0.435 e. The van der Waals surface area contributed by atoms with E-state index in [0.29, 0.717) is 35.5 Å². The van der Waals surface area contributed by atoms with Crippen LogP contribution in [-0.4, -0.2) is 25.0 Å². The van der Waals surface area contributed by atoms with E-state index < -0.39 is 6.61 Å². The summed E-state index contributed by atoms with van der Waals surface area (Å²) in [5.41, 5.74) is 1.99. The van der Waals surface area contributed by atoms with Gasteiger partial charge in [0.1, 0.15) is 5.75 Å². The van der Waals surface area contributed by atoms with Crippen molar-refractivity contribution in [2.45, 2.75) is 25.9 Å². The molecule has 31 heavy (non-hydrogen) atoms. The highest BCUT2D eigenvalue weighted by atomic mass is 32.1. The number of carbonyl (C=O) groups excluding carboxylic acids is 2. The van der Waals surface area contributed by atoms with Crippen molar-refractivity contribution in [2.24, 2.45) is 0 Å². The molecule has 0 bridgehead atoms. The van der Waals surface area contributed by atoms with Gasteiger partial charge in [-0.1, -0.05) is 36.4 Å². The van der Waals surface area contributed by atoms with Crippen LogP contribution in [0, 0.1) is 0 Å². The van der Waals surface area contributed by atoms with Crippen molar-refractivity contribution in [2.75, 3.05) is 11.9 Å². The van der Waals surface area contributed by atoms with Crippen LogP contribution in [-0.2, 0) is 11.2 Å². The molecule has 162 valence electrons. The number of alkyl halides is 2. The summed E-state index contributed by atoms with van der Waals surface area (Å²) >= 11 is 1.36. The Morgan fingerprint density at radius 3 is 2.55 bits per heavy atom. The van der Waals surface area contributed by atoms with Crippen LogP contribution >= 0.6 is 11.3 Å². The molecule has 0 aliphatic rings. The summed E-state index contributed by atoms with van der Waals surface area (Å²) in [6.45, 7) is -2.55. The standard InChI is InChI=1S/C23H22F2N2O3S/c24-23(25)30-19-11-10-18(15-17(19)14-16-6-2-1-3-7-16)27-21(28)9-4-12-26-22(29)20-8-5-13-31-20/h1-3,5-8,10-11,13,15,23H,4,9,12,14H2,(H,26,29)(H,27,28). The van der Waals surface area contributed by atoms with E-state index in [2.05, 4.69) is 15.4 Å². The highest BCUT2D eigenvalue weighted by Gasteiger charge is 2.13. The Bertz CT molecular complexity index is 995. The normalized spacial score (nSPS) is 10.7. The molecule has 0 spiro atoms. The smallest absolute Gasteiger partial charge is 0.387 e. The topological polar surface area (TPSA) is 67.4 Å². The summed E-state index contributed by atoms with van der Waals surface area (Å²) < 4.78 is 30.1. The zero-order valence-electron chi connectivity index (χ0n) is 16.6. The summed E-state index contributed by atoms with van der Waals surface area (Å²) in [6, 6.07) is 17.5. The molecule has 5 nitrogen and oxygen atoms in total. The maximum atomic E-state index is 12.7. The average molecular weight is 445 g/mol. The molecular formula is C23H22F2N2O3S. The molecule has 2 aromatic carbocycles. The van der Waals surface area contributed by atoms with Crippen molar-refractivity contribution in [3.05, 3.63) is 82.0 Å². The quantitative estimate of drug-likeness (QED) is 0.428. The first-order valence-electron chi connectivity index (χ1n) is 9.74. The van der Waals surface area contributed by atoms with Crippen LogP contribution in [0.5, 0.6) is 5.75 Å². The van der Waals surface area contributed by atoms with E-state index in [1.54, 1.807) is 18.2 Å².